The van der Waals surface area contributed by atoms with E-state index < -0.39 is 0 Å². The zero-order chi connectivity index (χ0) is 14.4. The number of amides is 1. The summed E-state index contributed by atoms with van der Waals surface area (Å²) in [7, 11) is 0. The summed E-state index contributed by atoms with van der Waals surface area (Å²) in [5, 5.41) is 3.46. The van der Waals surface area contributed by atoms with Crippen LogP contribution in [0, 0.1) is 0 Å². The lowest BCUT2D eigenvalue weighted by Gasteiger charge is -2.12. The van der Waals surface area contributed by atoms with E-state index in [1.165, 1.54) is 11.8 Å². The van der Waals surface area contributed by atoms with Gasteiger partial charge in [-0.3, -0.25) is 9.78 Å². The normalized spacial score (nSPS) is 11.9. The predicted molar refractivity (Wildman–Crippen MR) is 82.9 cm³/mol. The van der Waals surface area contributed by atoms with Crippen molar-refractivity contribution in [2.45, 2.75) is 23.6 Å². The van der Waals surface area contributed by atoms with E-state index in [1.54, 1.807) is 12.4 Å². The Labute approximate surface area is 127 Å². The Morgan fingerprint density at radius 2 is 1.90 bits per heavy atom. The second-order valence-corrected chi connectivity index (χ2v) is 6.14. The molecule has 2 rings (SSSR count). The SMILES string of the molecule is CC(Sc1ccc(Cl)cc1)C(=O)NCc1ccncc1. The van der Waals surface area contributed by atoms with Crippen LogP contribution in [0.1, 0.15) is 12.5 Å². The zero-order valence-corrected chi connectivity index (χ0v) is 12.6. The van der Waals surface area contributed by atoms with Crippen molar-refractivity contribution in [1.82, 2.24) is 10.3 Å². The van der Waals surface area contributed by atoms with Gasteiger partial charge >= 0.3 is 0 Å². The van der Waals surface area contributed by atoms with Crippen molar-refractivity contribution in [3.05, 3.63) is 59.4 Å². The van der Waals surface area contributed by atoms with E-state index in [2.05, 4.69) is 10.3 Å². The molecule has 1 amide bonds. The van der Waals surface area contributed by atoms with Crippen LogP contribution in [0.3, 0.4) is 0 Å². The molecular weight excluding hydrogens is 292 g/mol. The fourth-order valence-electron chi connectivity index (χ4n) is 1.60. The van der Waals surface area contributed by atoms with Crippen LogP contribution in [0.15, 0.2) is 53.7 Å². The molecule has 3 nitrogen and oxygen atoms in total. The molecule has 20 heavy (non-hydrogen) atoms. The number of benzene rings is 1. The van der Waals surface area contributed by atoms with Gasteiger partial charge < -0.3 is 5.32 Å². The fourth-order valence-corrected chi connectivity index (χ4v) is 2.62. The van der Waals surface area contributed by atoms with Crippen LogP contribution in [0.4, 0.5) is 0 Å². The number of carbonyl (C=O) groups excluding carboxylic acids is 1. The van der Waals surface area contributed by atoms with E-state index in [9.17, 15) is 4.79 Å². The summed E-state index contributed by atoms with van der Waals surface area (Å²) in [4.78, 5) is 17.0. The Morgan fingerprint density at radius 3 is 2.55 bits per heavy atom. The summed E-state index contributed by atoms with van der Waals surface area (Å²) in [5.41, 5.74) is 1.04. The van der Waals surface area contributed by atoms with Gasteiger partial charge in [-0.05, 0) is 48.9 Å². The smallest absolute Gasteiger partial charge is 0.233 e. The van der Waals surface area contributed by atoms with E-state index in [-0.39, 0.29) is 11.2 Å². The molecule has 0 saturated heterocycles. The molecule has 0 fully saturated rings. The number of hydrogen-bond donors (Lipinski definition) is 1. The molecule has 1 heterocycles. The molecule has 0 bridgehead atoms. The number of halogens is 1. The third-order valence-corrected chi connectivity index (χ3v) is 4.08. The van der Waals surface area contributed by atoms with Gasteiger partial charge in [-0.15, -0.1) is 11.8 Å². The highest BCUT2D eigenvalue weighted by Gasteiger charge is 2.13. The molecule has 104 valence electrons. The molecule has 5 heteroatoms. The molecule has 2 aromatic rings. The summed E-state index contributed by atoms with van der Waals surface area (Å²) in [5.74, 6) is 0.0155. The second kappa shape index (κ2) is 7.31. The van der Waals surface area contributed by atoms with Crippen molar-refractivity contribution in [3.8, 4) is 0 Å². The molecule has 0 spiro atoms. The van der Waals surface area contributed by atoms with E-state index in [0.717, 1.165) is 10.5 Å². The van der Waals surface area contributed by atoms with Crippen LogP contribution < -0.4 is 5.32 Å². The van der Waals surface area contributed by atoms with Gasteiger partial charge in [-0.1, -0.05) is 11.6 Å². The molecule has 1 aromatic heterocycles. The standard InChI is InChI=1S/C15H15ClN2OS/c1-11(20-14-4-2-13(16)3-5-14)15(19)18-10-12-6-8-17-9-7-12/h2-9,11H,10H2,1H3,(H,18,19). The first-order chi connectivity index (χ1) is 9.65. The lowest BCUT2D eigenvalue weighted by molar-refractivity contribution is -0.120. The fraction of sp³-hybridized carbons (Fsp3) is 0.200. The summed E-state index contributed by atoms with van der Waals surface area (Å²) in [6.07, 6.45) is 3.43. The number of pyridine rings is 1. The van der Waals surface area contributed by atoms with Crippen LogP contribution in [0.25, 0.3) is 0 Å². The summed E-state index contributed by atoms with van der Waals surface area (Å²) in [6.45, 7) is 2.41. The van der Waals surface area contributed by atoms with Crippen molar-refractivity contribution < 1.29 is 4.79 Å². The summed E-state index contributed by atoms with van der Waals surface area (Å²) >= 11 is 7.35. The van der Waals surface area contributed by atoms with Crippen molar-refractivity contribution >= 4 is 29.3 Å². The lowest BCUT2D eigenvalue weighted by Crippen LogP contribution is -2.30. The van der Waals surface area contributed by atoms with Crippen LogP contribution >= 0.6 is 23.4 Å². The van der Waals surface area contributed by atoms with Crippen LogP contribution in [0.5, 0.6) is 0 Å². The Kier molecular flexibility index (Phi) is 5.44. The van der Waals surface area contributed by atoms with Crippen molar-refractivity contribution in [1.29, 1.82) is 0 Å². The van der Waals surface area contributed by atoms with Crippen molar-refractivity contribution in [2.24, 2.45) is 0 Å². The Hall–Kier alpha value is -1.52. The van der Waals surface area contributed by atoms with Gasteiger partial charge in [-0.25, -0.2) is 0 Å². The van der Waals surface area contributed by atoms with Gasteiger partial charge in [0.15, 0.2) is 0 Å². The Bertz CT molecular complexity index is 560. The number of carbonyl (C=O) groups is 1. The minimum Gasteiger partial charge on any atom is -0.351 e. The molecule has 1 unspecified atom stereocenters. The Morgan fingerprint density at radius 1 is 1.25 bits per heavy atom. The van der Waals surface area contributed by atoms with E-state index in [4.69, 9.17) is 11.6 Å². The maximum absolute atomic E-state index is 12.0. The highest BCUT2D eigenvalue weighted by atomic mass is 35.5. The number of nitrogens with zero attached hydrogens (tertiary/aromatic N) is 1. The van der Waals surface area contributed by atoms with E-state index >= 15 is 0 Å². The number of rotatable bonds is 5. The first-order valence-corrected chi connectivity index (χ1v) is 7.50. The molecule has 1 aromatic carbocycles. The topological polar surface area (TPSA) is 42.0 Å². The average Bonchev–Trinajstić information content (AvgIpc) is 2.48. The third-order valence-electron chi connectivity index (χ3n) is 2.71. The van der Waals surface area contributed by atoms with Crippen LogP contribution in [-0.2, 0) is 11.3 Å². The first-order valence-electron chi connectivity index (χ1n) is 6.24. The summed E-state index contributed by atoms with van der Waals surface area (Å²) in [6, 6.07) is 11.3. The minimum atomic E-state index is -0.155. The van der Waals surface area contributed by atoms with Gasteiger partial charge in [0, 0.05) is 28.9 Å². The van der Waals surface area contributed by atoms with E-state index in [1.807, 2.05) is 43.3 Å². The molecule has 0 saturated carbocycles. The number of aromatic nitrogens is 1. The first kappa shape index (κ1) is 14.9. The second-order valence-electron chi connectivity index (χ2n) is 4.29. The Balaban J connectivity index is 1.84. The van der Waals surface area contributed by atoms with Gasteiger partial charge in [0.05, 0.1) is 5.25 Å². The molecular formula is C15H15ClN2OS. The van der Waals surface area contributed by atoms with Crippen LogP contribution in [-0.4, -0.2) is 16.1 Å². The quantitative estimate of drug-likeness (QED) is 0.859. The van der Waals surface area contributed by atoms with Gasteiger partial charge in [0.2, 0.25) is 5.91 Å². The largest absolute Gasteiger partial charge is 0.351 e. The maximum Gasteiger partial charge on any atom is 0.233 e. The highest BCUT2D eigenvalue weighted by molar-refractivity contribution is 8.00. The number of thioether (sulfide) groups is 1. The van der Waals surface area contributed by atoms with Crippen molar-refractivity contribution in [2.75, 3.05) is 0 Å². The number of hydrogen-bond acceptors (Lipinski definition) is 3. The maximum atomic E-state index is 12.0. The molecule has 0 aliphatic rings. The van der Waals surface area contributed by atoms with Crippen LogP contribution in [0.2, 0.25) is 5.02 Å². The van der Waals surface area contributed by atoms with Crippen molar-refractivity contribution in [3.63, 3.8) is 0 Å². The monoisotopic (exact) mass is 306 g/mol. The third kappa shape index (κ3) is 4.54. The minimum absolute atomic E-state index is 0.0155. The van der Waals surface area contributed by atoms with Gasteiger partial charge in [0.25, 0.3) is 0 Å². The van der Waals surface area contributed by atoms with E-state index in [0.29, 0.717) is 11.6 Å². The average molecular weight is 307 g/mol. The molecule has 0 aliphatic carbocycles. The van der Waals surface area contributed by atoms with Gasteiger partial charge in [0.1, 0.15) is 0 Å². The summed E-state index contributed by atoms with van der Waals surface area (Å²) < 4.78 is 0. The predicted octanol–water partition coefficient (Wildman–Crippen LogP) is 3.53. The highest BCUT2D eigenvalue weighted by Crippen LogP contribution is 2.24. The number of nitrogens with one attached hydrogen (secondary N) is 1. The molecule has 1 atom stereocenters. The lowest BCUT2D eigenvalue weighted by atomic mass is 10.2. The van der Waals surface area contributed by atoms with Gasteiger partial charge in [-0.2, -0.15) is 0 Å². The molecule has 0 aliphatic heterocycles. The zero-order valence-electron chi connectivity index (χ0n) is 11.0. The molecule has 1 N–H and O–H groups in total. The molecule has 0 radical (unpaired) electrons.